The van der Waals surface area contributed by atoms with Crippen molar-refractivity contribution in [1.29, 1.82) is 0 Å². The molecule has 0 N–H and O–H groups in total. The molecule has 0 saturated heterocycles. The molecule has 1 aromatic heterocycles. The Hall–Kier alpha value is -2.50. The van der Waals surface area contributed by atoms with Crippen LogP contribution in [-0.2, 0) is 12.8 Å². The normalized spacial score (nSPS) is 14.0. The quantitative estimate of drug-likeness (QED) is 0.861. The number of rotatable bonds is 4. The first-order valence-corrected chi connectivity index (χ1v) is 7.61. The Morgan fingerprint density at radius 2 is 1.52 bits per heavy atom. The maximum absolute atomic E-state index is 5.41. The number of nitrogens with zero attached hydrogens (tertiary/aromatic N) is 3. The third kappa shape index (κ3) is 3.16. The highest BCUT2D eigenvalue weighted by Gasteiger charge is 2.19. The van der Waals surface area contributed by atoms with Crippen LogP contribution in [0.4, 0.5) is 5.95 Å². The van der Waals surface area contributed by atoms with Gasteiger partial charge in [-0.05, 0) is 36.1 Å². The maximum Gasteiger partial charge on any atom is 0.228 e. The van der Waals surface area contributed by atoms with Gasteiger partial charge in [0.25, 0.3) is 0 Å². The molecule has 1 aromatic carbocycles. The van der Waals surface area contributed by atoms with E-state index < -0.39 is 0 Å². The molecule has 0 amide bonds. The topological polar surface area (TPSA) is 56.7 Å². The summed E-state index contributed by atoms with van der Waals surface area (Å²) in [5, 5.41) is 0. The Bertz CT molecular complexity index is 656. The highest BCUT2D eigenvalue weighted by Crippen LogP contribution is 2.32. The van der Waals surface area contributed by atoms with Crippen LogP contribution in [-0.4, -0.2) is 44.4 Å². The highest BCUT2D eigenvalue weighted by molar-refractivity contribution is 5.49. The fourth-order valence-corrected chi connectivity index (χ4v) is 2.85. The monoisotopic (exact) mass is 315 g/mol. The van der Waals surface area contributed by atoms with Crippen LogP contribution in [0.5, 0.6) is 17.4 Å². The van der Waals surface area contributed by atoms with Crippen LogP contribution < -0.4 is 19.1 Å². The molecule has 2 aromatic rings. The van der Waals surface area contributed by atoms with Gasteiger partial charge in [-0.1, -0.05) is 0 Å². The number of aromatic nitrogens is 2. The molecular weight excluding hydrogens is 294 g/mol. The summed E-state index contributed by atoms with van der Waals surface area (Å²) in [5.41, 5.74) is 2.57. The Labute approximate surface area is 136 Å². The number of fused-ring (bicyclic) bond motifs is 1. The van der Waals surface area contributed by atoms with Gasteiger partial charge in [-0.3, -0.25) is 0 Å². The molecule has 3 rings (SSSR count). The number of anilines is 1. The fourth-order valence-electron chi connectivity index (χ4n) is 2.85. The van der Waals surface area contributed by atoms with Crippen LogP contribution in [0.3, 0.4) is 0 Å². The number of methoxy groups -OCH3 is 3. The first-order valence-electron chi connectivity index (χ1n) is 7.61. The van der Waals surface area contributed by atoms with E-state index in [0.717, 1.165) is 37.4 Å². The zero-order valence-electron chi connectivity index (χ0n) is 13.7. The molecule has 0 fully saturated rings. The molecule has 122 valence electrons. The molecular formula is C17H21N3O3. The second-order valence-corrected chi connectivity index (χ2v) is 5.36. The highest BCUT2D eigenvalue weighted by atomic mass is 16.5. The molecule has 0 saturated carbocycles. The van der Waals surface area contributed by atoms with Crippen molar-refractivity contribution in [3.63, 3.8) is 0 Å². The molecule has 2 heterocycles. The zero-order chi connectivity index (χ0) is 16.2. The first kappa shape index (κ1) is 15.4. The Kier molecular flexibility index (Phi) is 4.50. The molecule has 6 nitrogen and oxygen atoms in total. The van der Waals surface area contributed by atoms with Gasteiger partial charge in [-0.2, -0.15) is 4.98 Å². The Morgan fingerprint density at radius 3 is 2.04 bits per heavy atom. The fraction of sp³-hybridized carbons (Fsp3) is 0.412. The van der Waals surface area contributed by atoms with Crippen molar-refractivity contribution in [1.82, 2.24) is 9.97 Å². The molecule has 0 spiro atoms. The van der Waals surface area contributed by atoms with Gasteiger partial charge in [0.2, 0.25) is 11.8 Å². The van der Waals surface area contributed by atoms with Crippen molar-refractivity contribution in [2.24, 2.45) is 0 Å². The van der Waals surface area contributed by atoms with Crippen LogP contribution in [0.2, 0.25) is 0 Å². The summed E-state index contributed by atoms with van der Waals surface area (Å²) < 4.78 is 16.0. The van der Waals surface area contributed by atoms with Crippen LogP contribution in [0.25, 0.3) is 0 Å². The van der Waals surface area contributed by atoms with Crippen LogP contribution in [0, 0.1) is 0 Å². The van der Waals surface area contributed by atoms with E-state index >= 15 is 0 Å². The van der Waals surface area contributed by atoms with E-state index in [1.807, 2.05) is 0 Å². The standard InChI is InChI=1S/C17H21N3O3/c1-21-14-10-12-5-8-20(9-6-13(12)11-15(14)22-2)17-18-7-4-16(19-17)23-3/h4,7,10-11H,5-6,8-9H2,1-3H3. The minimum Gasteiger partial charge on any atom is -0.493 e. The van der Waals surface area contributed by atoms with Crippen molar-refractivity contribution in [3.8, 4) is 17.4 Å². The van der Waals surface area contributed by atoms with Crippen LogP contribution >= 0.6 is 0 Å². The predicted octanol–water partition coefficient (Wildman–Crippen LogP) is 2.11. The summed E-state index contributed by atoms with van der Waals surface area (Å²) in [6.07, 6.45) is 3.55. The molecule has 1 aliphatic heterocycles. The van der Waals surface area contributed by atoms with Crippen molar-refractivity contribution in [2.45, 2.75) is 12.8 Å². The van der Waals surface area contributed by atoms with Crippen LogP contribution in [0.1, 0.15) is 11.1 Å². The second-order valence-electron chi connectivity index (χ2n) is 5.36. The number of hydrogen-bond donors (Lipinski definition) is 0. The smallest absolute Gasteiger partial charge is 0.228 e. The zero-order valence-corrected chi connectivity index (χ0v) is 13.7. The van der Waals surface area contributed by atoms with Gasteiger partial charge < -0.3 is 19.1 Å². The lowest BCUT2D eigenvalue weighted by Crippen LogP contribution is -2.27. The number of benzene rings is 1. The minimum absolute atomic E-state index is 0.583. The second kappa shape index (κ2) is 6.73. The first-order chi connectivity index (χ1) is 11.2. The molecule has 0 aliphatic carbocycles. The van der Waals surface area contributed by atoms with Crippen molar-refractivity contribution >= 4 is 5.95 Å². The molecule has 0 atom stereocenters. The van der Waals surface area contributed by atoms with Crippen molar-refractivity contribution in [2.75, 3.05) is 39.3 Å². The largest absolute Gasteiger partial charge is 0.493 e. The van der Waals surface area contributed by atoms with E-state index in [9.17, 15) is 0 Å². The maximum atomic E-state index is 5.41. The van der Waals surface area contributed by atoms with E-state index in [4.69, 9.17) is 14.2 Å². The minimum atomic E-state index is 0.583. The molecule has 0 radical (unpaired) electrons. The average molecular weight is 315 g/mol. The van der Waals surface area contributed by atoms with Gasteiger partial charge in [-0.25, -0.2) is 4.98 Å². The van der Waals surface area contributed by atoms with Crippen LogP contribution in [0.15, 0.2) is 24.4 Å². The third-order valence-corrected chi connectivity index (χ3v) is 4.12. The molecule has 23 heavy (non-hydrogen) atoms. The van der Waals surface area contributed by atoms with Crippen molar-refractivity contribution in [3.05, 3.63) is 35.5 Å². The summed E-state index contributed by atoms with van der Waals surface area (Å²) in [6, 6.07) is 5.90. The molecule has 0 unspecified atom stereocenters. The summed E-state index contributed by atoms with van der Waals surface area (Å²) in [5.74, 6) is 2.84. The van der Waals surface area contributed by atoms with Gasteiger partial charge in [-0.15, -0.1) is 0 Å². The Morgan fingerprint density at radius 1 is 0.913 bits per heavy atom. The van der Waals surface area contributed by atoms with Gasteiger partial charge in [0.15, 0.2) is 11.5 Å². The predicted molar refractivity (Wildman–Crippen MR) is 87.8 cm³/mol. The van der Waals surface area contributed by atoms with E-state index in [0.29, 0.717) is 11.8 Å². The van der Waals surface area contributed by atoms with E-state index in [-0.39, 0.29) is 0 Å². The van der Waals surface area contributed by atoms with Gasteiger partial charge in [0, 0.05) is 25.4 Å². The molecule has 1 aliphatic rings. The lowest BCUT2D eigenvalue weighted by atomic mass is 10.0. The summed E-state index contributed by atoms with van der Waals surface area (Å²) in [7, 11) is 4.94. The Balaban J connectivity index is 1.84. The van der Waals surface area contributed by atoms with E-state index in [1.165, 1.54) is 11.1 Å². The third-order valence-electron chi connectivity index (χ3n) is 4.12. The molecule has 6 heteroatoms. The lowest BCUT2D eigenvalue weighted by molar-refractivity contribution is 0.354. The molecule has 0 bridgehead atoms. The van der Waals surface area contributed by atoms with E-state index in [2.05, 4.69) is 27.0 Å². The van der Waals surface area contributed by atoms with Gasteiger partial charge in [0.05, 0.1) is 21.3 Å². The van der Waals surface area contributed by atoms with Gasteiger partial charge in [0.1, 0.15) is 0 Å². The summed E-state index contributed by atoms with van der Waals surface area (Å²) in [6.45, 7) is 1.71. The SMILES string of the molecule is COc1ccnc(N2CCc3cc(OC)c(OC)cc3CC2)n1. The number of hydrogen-bond acceptors (Lipinski definition) is 6. The average Bonchev–Trinajstić information content (AvgIpc) is 2.82. The summed E-state index contributed by atoms with van der Waals surface area (Å²) in [4.78, 5) is 11.0. The summed E-state index contributed by atoms with van der Waals surface area (Å²) >= 11 is 0. The lowest BCUT2D eigenvalue weighted by Gasteiger charge is -2.20. The van der Waals surface area contributed by atoms with Crippen molar-refractivity contribution < 1.29 is 14.2 Å². The van der Waals surface area contributed by atoms with E-state index in [1.54, 1.807) is 33.6 Å². The van der Waals surface area contributed by atoms with Gasteiger partial charge >= 0.3 is 0 Å². The number of ether oxygens (including phenoxy) is 3.